The van der Waals surface area contributed by atoms with E-state index in [0.717, 1.165) is 12.1 Å². The fourth-order valence-corrected chi connectivity index (χ4v) is 2.82. The summed E-state index contributed by atoms with van der Waals surface area (Å²) >= 11 is 0. The van der Waals surface area contributed by atoms with E-state index in [4.69, 9.17) is 5.14 Å². The first-order valence-electron chi connectivity index (χ1n) is 7.08. The molecule has 0 saturated heterocycles. The lowest BCUT2D eigenvalue weighted by Crippen LogP contribution is -2.23. The van der Waals surface area contributed by atoms with Crippen LogP contribution in [-0.2, 0) is 28.5 Å². The number of nitrogens with two attached hydrogens (primary N) is 1. The van der Waals surface area contributed by atoms with Crippen molar-refractivity contribution >= 4 is 15.9 Å². The summed E-state index contributed by atoms with van der Waals surface area (Å²) in [5.41, 5.74) is 0.0283. The molecule has 0 atom stereocenters. The lowest BCUT2D eigenvalue weighted by molar-refractivity contribution is -0.137. The van der Waals surface area contributed by atoms with Gasteiger partial charge in [-0.25, -0.2) is 13.6 Å². The van der Waals surface area contributed by atoms with Crippen LogP contribution in [0.3, 0.4) is 0 Å². The van der Waals surface area contributed by atoms with Crippen LogP contribution in [0.4, 0.5) is 13.2 Å². The van der Waals surface area contributed by atoms with Crippen LogP contribution in [0.25, 0.3) is 0 Å². The standard InChI is InChI=1S/C16H15F3N2O3S/c17-16(18,19)14-6-2-3-11(8-14)9-21-15(22)13-5-1-4-12(7-13)10-25(20,23)24/h1-8H,9-10H2,(H,21,22)(H2,20,23,24). The van der Waals surface area contributed by atoms with E-state index in [1.54, 1.807) is 0 Å². The number of rotatable bonds is 5. The molecule has 2 rings (SSSR count). The molecule has 0 aliphatic heterocycles. The Morgan fingerprint density at radius 3 is 2.32 bits per heavy atom. The Morgan fingerprint density at radius 1 is 1.04 bits per heavy atom. The van der Waals surface area contributed by atoms with E-state index in [1.807, 2.05) is 0 Å². The average molecular weight is 372 g/mol. The van der Waals surface area contributed by atoms with Crippen molar-refractivity contribution in [2.75, 3.05) is 0 Å². The predicted octanol–water partition coefficient (Wildman–Crippen LogP) is 2.42. The van der Waals surface area contributed by atoms with Crippen molar-refractivity contribution in [3.05, 3.63) is 70.8 Å². The van der Waals surface area contributed by atoms with Crippen molar-refractivity contribution in [1.29, 1.82) is 0 Å². The molecular weight excluding hydrogens is 357 g/mol. The van der Waals surface area contributed by atoms with Gasteiger partial charge in [0.2, 0.25) is 10.0 Å². The molecule has 2 aromatic rings. The zero-order chi connectivity index (χ0) is 18.7. The second kappa shape index (κ2) is 7.24. The van der Waals surface area contributed by atoms with Crippen molar-refractivity contribution in [3.63, 3.8) is 0 Å². The van der Waals surface area contributed by atoms with Gasteiger partial charge in [-0.05, 0) is 35.4 Å². The third kappa shape index (κ3) is 5.87. The van der Waals surface area contributed by atoms with Crippen molar-refractivity contribution in [2.24, 2.45) is 5.14 Å². The minimum atomic E-state index is -4.46. The number of halogens is 3. The van der Waals surface area contributed by atoms with Gasteiger partial charge >= 0.3 is 6.18 Å². The zero-order valence-electron chi connectivity index (χ0n) is 12.9. The van der Waals surface area contributed by atoms with Crippen LogP contribution in [-0.4, -0.2) is 14.3 Å². The topological polar surface area (TPSA) is 89.3 Å². The molecule has 0 saturated carbocycles. The fraction of sp³-hybridized carbons (Fsp3) is 0.188. The molecule has 0 aliphatic carbocycles. The van der Waals surface area contributed by atoms with Crippen LogP contribution in [0.15, 0.2) is 48.5 Å². The molecule has 0 aromatic heterocycles. The number of primary sulfonamides is 1. The minimum Gasteiger partial charge on any atom is -0.348 e. The third-order valence-electron chi connectivity index (χ3n) is 3.26. The molecular formula is C16H15F3N2O3S. The summed E-state index contributed by atoms with van der Waals surface area (Å²) in [6.07, 6.45) is -4.46. The van der Waals surface area contributed by atoms with E-state index in [-0.39, 0.29) is 12.1 Å². The maximum atomic E-state index is 12.7. The van der Waals surface area contributed by atoms with Gasteiger partial charge in [-0.15, -0.1) is 0 Å². The van der Waals surface area contributed by atoms with Crippen molar-refractivity contribution in [2.45, 2.75) is 18.5 Å². The maximum Gasteiger partial charge on any atom is 0.416 e. The van der Waals surface area contributed by atoms with Gasteiger partial charge in [-0.3, -0.25) is 4.79 Å². The van der Waals surface area contributed by atoms with E-state index >= 15 is 0 Å². The Labute approximate surface area is 142 Å². The van der Waals surface area contributed by atoms with Gasteiger partial charge in [0.05, 0.1) is 11.3 Å². The second-order valence-corrected chi connectivity index (χ2v) is 7.00. The largest absolute Gasteiger partial charge is 0.416 e. The summed E-state index contributed by atoms with van der Waals surface area (Å²) in [5, 5.41) is 7.45. The Hall–Kier alpha value is -2.39. The molecule has 0 aliphatic rings. The van der Waals surface area contributed by atoms with Gasteiger partial charge in [-0.2, -0.15) is 13.2 Å². The molecule has 0 spiro atoms. The number of carbonyl (C=O) groups excluding carboxylic acids is 1. The number of benzene rings is 2. The molecule has 3 N–H and O–H groups in total. The minimum absolute atomic E-state index is 0.0951. The first-order chi connectivity index (χ1) is 11.5. The van der Waals surface area contributed by atoms with Crippen LogP contribution >= 0.6 is 0 Å². The smallest absolute Gasteiger partial charge is 0.348 e. The van der Waals surface area contributed by atoms with Gasteiger partial charge in [-0.1, -0.05) is 24.3 Å². The molecule has 25 heavy (non-hydrogen) atoms. The van der Waals surface area contributed by atoms with Crippen LogP contribution in [0.2, 0.25) is 0 Å². The second-order valence-electron chi connectivity index (χ2n) is 5.39. The molecule has 0 bridgehead atoms. The monoisotopic (exact) mass is 372 g/mol. The van der Waals surface area contributed by atoms with Gasteiger partial charge in [0, 0.05) is 12.1 Å². The zero-order valence-corrected chi connectivity index (χ0v) is 13.7. The van der Waals surface area contributed by atoms with Crippen LogP contribution < -0.4 is 10.5 Å². The summed E-state index contributed by atoms with van der Waals surface area (Å²) in [5.74, 6) is -0.949. The number of hydrogen-bond donors (Lipinski definition) is 2. The summed E-state index contributed by atoms with van der Waals surface area (Å²) in [6, 6.07) is 10.5. The molecule has 0 heterocycles. The highest BCUT2D eigenvalue weighted by Crippen LogP contribution is 2.29. The Morgan fingerprint density at radius 2 is 1.68 bits per heavy atom. The number of carbonyl (C=O) groups is 1. The van der Waals surface area contributed by atoms with Crippen LogP contribution in [0.1, 0.15) is 27.0 Å². The number of amides is 1. The van der Waals surface area contributed by atoms with Gasteiger partial charge < -0.3 is 5.32 Å². The fourth-order valence-electron chi connectivity index (χ4n) is 2.18. The van der Waals surface area contributed by atoms with Crippen molar-refractivity contribution in [3.8, 4) is 0 Å². The lowest BCUT2D eigenvalue weighted by atomic mass is 10.1. The highest BCUT2D eigenvalue weighted by Gasteiger charge is 2.30. The quantitative estimate of drug-likeness (QED) is 0.845. The number of sulfonamides is 1. The van der Waals surface area contributed by atoms with Gasteiger partial charge in [0.25, 0.3) is 5.91 Å². The van der Waals surface area contributed by atoms with E-state index < -0.39 is 33.4 Å². The molecule has 0 radical (unpaired) electrons. The Kier molecular flexibility index (Phi) is 5.48. The van der Waals surface area contributed by atoms with E-state index in [0.29, 0.717) is 11.1 Å². The first-order valence-corrected chi connectivity index (χ1v) is 8.80. The summed E-state index contributed by atoms with van der Waals surface area (Å²) < 4.78 is 60.2. The molecule has 1 amide bonds. The Bertz CT molecular complexity index is 880. The van der Waals surface area contributed by atoms with Gasteiger partial charge in [0.15, 0.2) is 0 Å². The average Bonchev–Trinajstić information content (AvgIpc) is 2.50. The predicted molar refractivity (Wildman–Crippen MR) is 85.9 cm³/mol. The third-order valence-corrected chi connectivity index (χ3v) is 4.00. The molecule has 2 aromatic carbocycles. The number of hydrogen-bond acceptors (Lipinski definition) is 3. The summed E-state index contributed by atoms with van der Waals surface area (Å²) in [6.45, 7) is -0.0951. The van der Waals surface area contributed by atoms with E-state index in [9.17, 15) is 26.4 Å². The summed E-state index contributed by atoms with van der Waals surface area (Å²) in [4.78, 5) is 12.1. The molecule has 134 valence electrons. The van der Waals surface area contributed by atoms with Crippen molar-refractivity contribution < 1.29 is 26.4 Å². The van der Waals surface area contributed by atoms with E-state index in [1.165, 1.54) is 36.4 Å². The number of nitrogens with one attached hydrogen (secondary N) is 1. The molecule has 9 heteroatoms. The maximum absolute atomic E-state index is 12.7. The van der Waals surface area contributed by atoms with Gasteiger partial charge in [0.1, 0.15) is 0 Å². The lowest BCUT2D eigenvalue weighted by Gasteiger charge is -2.10. The molecule has 0 fully saturated rings. The summed E-state index contributed by atoms with van der Waals surface area (Å²) in [7, 11) is -3.73. The molecule has 0 unspecified atom stereocenters. The molecule has 5 nitrogen and oxygen atoms in total. The van der Waals surface area contributed by atoms with E-state index in [2.05, 4.69) is 5.32 Å². The highest BCUT2D eigenvalue weighted by molar-refractivity contribution is 7.88. The Balaban J connectivity index is 2.07. The SMILES string of the molecule is NS(=O)(=O)Cc1cccc(C(=O)NCc2cccc(C(F)(F)F)c2)c1. The van der Waals surface area contributed by atoms with Crippen molar-refractivity contribution in [1.82, 2.24) is 5.32 Å². The normalized spacial score (nSPS) is 12.0. The van der Waals surface area contributed by atoms with Crippen LogP contribution in [0, 0.1) is 0 Å². The van der Waals surface area contributed by atoms with Crippen LogP contribution in [0.5, 0.6) is 0 Å². The highest BCUT2D eigenvalue weighted by atomic mass is 32.2. The number of alkyl halides is 3. The first kappa shape index (κ1) is 18.9.